The summed E-state index contributed by atoms with van der Waals surface area (Å²) in [6.07, 6.45) is 0.314. The van der Waals surface area contributed by atoms with Crippen molar-refractivity contribution >= 4 is 27.5 Å². The van der Waals surface area contributed by atoms with Crippen molar-refractivity contribution in [3.63, 3.8) is 0 Å². The molecule has 0 heterocycles. The smallest absolute Gasteiger partial charge is 0.264 e. The molecule has 9 heteroatoms. The van der Waals surface area contributed by atoms with Gasteiger partial charge in [0.2, 0.25) is 11.8 Å². The van der Waals surface area contributed by atoms with Crippen LogP contribution in [0.1, 0.15) is 37.0 Å². The lowest BCUT2D eigenvalue weighted by molar-refractivity contribution is -0.140. The minimum absolute atomic E-state index is 0.0150. The van der Waals surface area contributed by atoms with Crippen molar-refractivity contribution in [1.29, 1.82) is 0 Å². The molecule has 3 rings (SSSR count). The monoisotopic (exact) mass is 539 g/mol. The summed E-state index contributed by atoms with van der Waals surface area (Å²) in [5.74, 6) is -1.31. The van der Waals surface area contributed by atoms with Crippen LogP contribution in [0.2, 0.25) is 0 Å². The van der Waals surface area contributed by atoms with Crippen molar-refractivity contribution in [3.8, 4) is 0 Å². The van der Waals surface area contributed by atoms with Crippen molar-refractivity contribution in [2.45, 2.75) is 51.6 Å². The summed E-state index contributed by atoms with van der Waals surface area (Å²) >= 11 is 0. The Morgan fingerprint density at radius 2 is 1.42 bits per heavy atom. The number of likely N-dealkylation sites (N-methyl/N-ethyl adjacent to an activating group) is 1. The van der Waals surface area contributed by atoms with Crippen molar-refractivity contribution in [3.05, 3.63) is 95.3 Å². The Morgan fingerprint density at radius 1 is 0.868 bits per heavy atom. The number of anilines is 1. The first-order valence-corrected chi connectivity index (χ1v) is 14.0. The molecule has 0 aromatic heterocycles. The molecule has 0 aliphatic carbocycles. The van der Waals surface area contributed by atoms with Crippen LogP contribution in [0.25, 0.3) is 0 Å². The molecular weight excluding hydrogens is 505 g/mol. The fraction of sp³-hybridized carbons (Fsp3) is 0.310. The number of benzene rings is 3. The van der Waals surface area contributed by atoms with Gasteiger partial charge in [-0.25, -0.2) is 12.8 Å². The molecule has 2 amide bonds. The van der Waals surface area contributed by atoms with Gasteiger partial charge in [0, 0.05) is 13.1 Å². The maximum Gasteiger partial charge on any atom is 0.264 e. The summed E-state index contributed by atoms with van der Waals surface area (Å²) in [5, 5.41) is 2.75. The number of carbonyl (C=O) groups excluding carboxylic acids is 2. The van der Waals surface area contributed by atoms with Crippen molar-refractivity contribution < 1.29 is 22.4 Å². The number of rotatable bonds is 11. The Balaban J connectivity index is 2.04. The van der Waals surface area contributed by atoms with E-state index >= 15 is 0 Å². The van der Waals surface area contributed by atoms with Crippen LogP contribution in [0.4, 0.5) is 10.1 Å². The average molecular weight is 540 g/mol. The first-order valence-electron chi connectivity index (χ1n) is 12.5. The van der Waals surface area contributed by atoms with E-state index in [1.807, 2.05) is 13.8 Å². The highest BCUT2D eigenvalue weighted by molar-refractivity contribution is 7.92. The molecule has 3 aromatic rings. The molecule has 1 N–H and O–H groups in total. The van der Waals surface area contributed by atoms with Crippen LogP contribution < -0.4 is 9.62 Å². The summed E-state index contributed by atoms with van der Waals surface area (Å²) in [6, 6.07) is 18.1. The molecule has 0 saturated carbocycles. The summed E-state index contributed by atoms with van der Waals surface area (Å²) in [4.78, 5) is 28.2. The van der Waals surface area contributed by atoms with E-state index in [0.717, 1.165) is 15.4 Å². The second-order valence-corrected chi connectivity index (χ2v) is 11.0. The van der Waals surface area contributed by atoms with Gasteiger partial charge in [-0.1, -0.05) is 54.4 Å². The van der Waals surface area contributed by atoms with Gasteiger partial charge in [0.1, 0.15) is 18.4 Å². The molecular formula is C29H34FN3O4S. The Hall–Kier alpha value is -3.72. The van der Waals surface area contributed by atoms with Crippen molar-refractivity contribution in [2.24, 2.45) is 0 Å². The van der Waals surface area contributed by atoms with Gasteiger partial charge in [-0.3, -0.25) is 13.9 Å². The van der Waals surface area contributed by atoms with Crippen LogP contribution in [0, 0.1) is 19.7 Å². The maximum atomic E-state index is 13.9. The van der Waals surface area contributed by atoms with Crippen LogP contribution >= 0.6 is 0 Å². The van der Waals surface area contributed by atoms with Crippen LogP contribution in [0.5, 0.6) is 0 Å². The third-order valence-corrected chi connectivity index (χ3v) is 8.00. The molecule has 38 heavy (non-hydrogen) atoms. The number of nitrogens with one attached hydrogen (secondary N) is 1. The first-order chi connectivity index (χ1) is 18.1. The highest BCUT2D eigenvalue weighted by Gasteiger charge is 2.33. The molecule has 1 atom stereocenters. The summed E-state index contributed by atoms with van der Waals surface area (Å²) in [7, 11) is -4.12. The van der Waals surface area contributed by atoms with Crippen LogP contribution in [-0.2, 0) is 26.2 Å². The van der Waals surface area contributed by atoms with Gasteiger partial charge in [0.25, 0.3) is 10.0 Å². The number of hydrogen-bond acceptors (Lipinski definition) is 4. The van der Waals surface area contributed by atoms with E-state index in [-0.39, 0.29) is 17.3 Å². The van der Waals surface area contributed by atoms with E-state index in [9.17, 15) is 22.4 Å². The SMILES string of the molecule is CCNC(=O)C(CC)N(Cc1ccc(F)cc1)C(=O)CN(c1ccc(C)cc1)S(=O)(=O)c1ccc(C)cc1. The fourth-order valence-corrected chi connectivity index (χ4v) is 5.49. The van der Waals surface area contributed by atoms with Gasteiger partial charge in [-0.05, 0) is 69.2 Å². The highest BCUT2D eigenvalue weighted by Crippen LogP contribution is 2.25. The van der Waals surface area contributed by atoms with Crippen LogP contribution in [0.15, 0.2) is 77.7 Å². The number of aryl methyl sites for hydroxylation is 2. The quantitative estimate of drug-likeness (QED) is 0.387. The van der Waals surface area contributed by atoms with Gasteiger partial charge in [0.05, 0.1) is 10.6 Å². The zero-order valence-electron chi connectivity index (χ0n) is 22.1. The molecule has 0 spiro atoms. The number of hydrogen-bond donors (Lipinski definition) is 1. The molecule has 0 saturated heterocycles. The number of carbonyl (C=O) groups is 2. The lowest BCUT2D eigenvalue weighted by Gasteiger charge is -2.33. The maximum absolute atomic E-state index is 13.9. The second kappa shape index (κ2) is 12.7. The zero-order chi connectivity index (χ0) is 27.9. The zero-order valence-corrected chi connectivity index (χ0v) is 23.0. The number of nitrogens with zero attached hydrogens (tertiary/aromatic N) is 2. The highest BCUT2D eigenvalue weighted by atomic mass is 32.2. The molecule has 0 radical (unpaired) electrons. The van der Waals surface area contributed by atoms with Crippen LogP contribution in [0.3, 0.4) is 0 Å². The Morgan fingerprint density at radius 3 is 1.95 bits per heavy atom. The summed E-state index contributed by atoms with van der Waals surface area (Å²) in [5.41, 5.74) is 2.79. The second-order valence-electron chi connectivity index (χ2n) is 9.13. The van der Waals surface area contributed by atoms with E-state index < -0.39 is 34.3 Å². The van der Waals surface area contributed by atoms with Gasteiger partial charge in [-0.15, -0.1) is 0 Å². The minimum atomic E-state index is -4.12. The Labute approximate surface area is 224 Å². The largest absolute Gasteiger partial charge is 0.355 e. The van der Waals surface area contributed by atoms with E-state index in [1.165, 1.54) is 29.2 Å². The summed E-state index contributed by atoms with van der Waals surface area (Å²) < 4.78 is 42.2. The lowest BCUT2D eigenvalue weighted by Crippen LogP contribution is -2.52. The molecule has 0 aliphatic rings. The van der Waals surface area contributed by atoms with Crippen molar-refractivity contribution in [2.75, 3.05) is 17.4 Å². The number of halogens is 1. The third kappa shape index (κ3) is 6.98. The minimum Gasteiger partial charge on any atom is -0.355 e. The molecule has 202 valence electrons. The van der Waals surface area contributed by atoms with E-state index in [4.69, 9.17) is 0 Å². The molecule has 0 bridgehead atoms. The Kier molecular flexibility index (Phi) is 9.63. The normalized spacial score (nSPS) is 12.0. The fourth-order valence-electron chi connectivity index (χ4n) is 4.08. The standard InChI is InChI=1S/C29H34FN3O4S/c1-5-27(29(35)31-6-2)32(19-23-11-13-24(30)14-12-23)28(34)20-33(25-15-7-21(3)8-16-25)38(36,37)26-17-9-22(4)10-18-26/h7-18,27H,5-6,19-20H2,1-4H3,(H,31,35). The predicted molar refractivity (Wildman–Crippen MR) is 147 cm³/mol. The van der Waals surface area contributed by atoms with E-state index in [1.54, 1.807) is 62.4 Å². The van der Waals surface area contributed by atoms with Gasteiger partial charge >= 0.3 is 0 Å². The molecule has 0 aliphatic heterocycles. The van der Waals surface area contributed by atoms with Crippen molar-refractivity contribution in [1.82, 2.24) is 10.2 Å². The molecule has 0 fully saturated rings. The molecule has 1 unspecified atom stereocenters. The lowest BCUT2D eigenvalue weighted by atomic mass is 10.1. The molecule has 7 nitrogen and oxygen atoms in total. The number of sulfonamides is 1. The average Bonchev–Trinajstić information content (AvgIpc) is 2.89. The van der Waals surface area contributed by atoms with Gasteiger partial charge < -0.3 is 10.2 Å². The summed E-state index contributed by atoms with van der Waals surface area (Å²) in [6.45, 7) is 7.19. The topological polar surface area (TPSA) is 86.8 Å². The van der Waals surface area contributed by atoms with Gasteiger partial charge in [-0.2, -0.15) is 0 Å². The van der Waals surface area contributed by atoms with E-state index in [0.29, 0.717) is 24.2 Å². The molecule has 3 aromatic carbocycles. The first kappa shape index (κ1) is 28.8. The number of amides is 2. The third-order valence-electron chi connectivity index (χ3n) is 6.21. The van der Waals surface area contributed by atoms with Crippen LogP contribution in [-0.4, -0.2) is 44.3 Å². The Bertz CT molecular complexity index is 1340. The van der Waals surface area contributed by atoms with Gasteiger partial charge in [0.15, 0.2) is 0 Å². The van der Waals surface area contributed by atoms with E-state index in [2.05, 4.69) is 5.32 Å². The predicted octanol–water partition coefficient (Wildman–Crippen LogP) is 4.58.